The highest BCUT2D eigenvalue weighted by molar-refractivity contribution is 7.98. The van der Waals surface area contributed by atoms with Crippen LogP contribution in [0.15, 0.2) is 47.6 Å². The number of benzene rings is 1. The average molecular weight is 439 g/mol. The van der Waals surface area contributed by atoms with Gasteiger partial charge in [-0.1, -0.05) is 6.07 Å². The minimum atomic E-state index is -0.360. The van der Waals surface area contributed by atoms with E-state index in [-0.39, 0.29) is 5.91 Å². The van der Waals surface area contributed by atoms with Gasteiger partial charge in [-0.2, -0.15) is 5.10 Å². The van der Waals surface area contributed by atoms with Gasteiger partial charge in [-0.15, -0.1) is 11.8 Å². The number of carbonyl (C=O) groups is 1. The van der Waals surface area contributed by atoms with Crippen molar-refractivity contribution in [3.63, 3.8) is 0 Å². The third kappa shape index (κ3) is 5.18. The SMILES string of the molecule is CCONC(=O)c1cnc(Nc2ccn(C)n2)cc1Nc1ccc(C2CC2)cc1SC. The highest BCUT2D eigenvalue weighted by Gasteiger charge is 2.24. The van der Waals surface area contributed by atoms with Gasteiger partial charge in [-0.25, -0.2) is 10.5 Å². The highest BCUT2D eigenvalue weighted by atomic mass is 32.2. The Morgan fingerprint density at radius 2 is 2.03 bits per heavy atom. The first kappa shape index (κ1) is 21.2. The van der Waals surface area contributed by atoms with Gasteiger partial charge in [0.05, 0.1) is 23.5 Å². The van der Waals surface area contributed by atoms with Crippen molar-refractivity contribution in [3.8, 4) is 0 Å². The van der Waals surface area contributed by atoms with Crippen molar-refractivity contribution in [2.24, 2.45) is 7.05 Å². The topological polar surface area (TPSA) is 93.1 Å². The minimum absolute atomic E-state index is 0.360. The molecule has 0 spiro atoms. The van der Waals surface area contributed by atoms with Crippen LogP contribution in [-0.4, -0.2) is 33.5 Å². The van der Waals surface area contributed by atoms with Gasteiger partial charge in [0.15, 0.2) is 5.82 Å². The molecule has 0 bridgehead atoms. The standard InChI is InChI=1S/C22H26N6O2S/c1-4-30-27-22(29)16-13-23-21(25-20-9-10-28(2)26-20)12-18(16)24-17-8-7-15(14-5-6-14)11-19(17)31-3/h7-14H,4-6H2,1-3H3,(H,27,29)(H2,23,24,25,26). The van der Waals surface area contributed by atoms with Gasteiger partial charge >= 0.3 is 0 Å². The Hall–Kier alpha value is -3.04. The molecule has 3 aromatic rings. The number of anilines is 4. The van der Waals surface area contributed by atoms with Crippen LogP contribution in [0.25, 0.3) is 0 Å². The van der Waals surface area contributed by atoms with E-state index in [0.717, 1.165) is 10.6 Å². The van der Waals surface area contributed by atoms with E-state index in [4.69, 9.17) is 4.84 Å². The van der Waals surface area contributed by atoms with Crippen LogP contribution in [-0.2, 0) is 11.9 Å². The van der Waals surface area contributed by atoms with Crippen molar-refractivity contribution in [1.29, 1.82) is 0 Å². The van der Waals surface area contributed by atoms with Crippen LogP contribution >= 0.6 is 11.8 Å². The molecule has 4 rings (SSSR count). The van der Waals surface area contributed by atoms with Gasteiger partial charge in [-0.05, 0) is 49.6 Å². The van der Waals surface area contributed by atoms with Crippen LogP contribution in [0.1, 0.15) is 41.6 Å². The molecule has 8 nitrogen and oxygen atoms in total. The van der Waals surface area contributed by atoms with Crippen molar-refractivity contribution in [2.45, 2.75) is 30.6 Å². The van der Waals surface area contributed by atoms with Gasteiger partial charge in [-0.3, -0.25) is 14.3 Å². The predicted molar refractivity (Wildman–Crippen MR) is 123 cm³/mol. The number of hydrogen-bond acceptors (Lipinski definition) is 7. The van der Waals surface area contributed by atoms with Gasteiger partial charge in [0.25, 0.3) is 5.91 Å². The molecule has 1 aromatic carbocycles. The van der Waals surface area contributed by atoms with Crippen molar-refractivity contribution in [1.82, 2.24) is 20.2 Å². The Balaban J connectivity index is 1.65. The van der Waals surface area contributed by atoms with Crippen LogP contribution in [0.4, 0.5) is 23.0 Å². The molecular formula is C22H26N6O2S. The average Bonchev–Trinajstić information content (AvgIpc) is 3.54. The maximum atomic E-state index is 12.6. The summed E-state index contributed by atoms with van der Waals surface area (Å²) in [5.41, 5.74) is 5.77. The zero-order valence-corrected chi connectivity index (χ0v) is 18.6. The smallest absolute Gasteiger partial charge is 0.278 e. The van der Waals surface area contributed by atoms with Gasteiger partial charge in [0.1, 0.15) is 5.82 Å². The van der Waals surface area contributed by atoms with E-state index in [1.165, 1.54) is 24.6 Å². The summed E-state index contributed by atoms with van der Waals surface area (Å²) in [5, 5.41) is 10.9. The second-order valence-corrected chi connectivity index (χ2v) is 8.19. The van der Waals surface area contributed by atoms with E-state index in [1.807, 2.05) is 26.2 Å². The van der Waals surface area contributed by atoms with Crippen molar-refractivity contribution in [3.05, 3.63) is 53.9 Å². The fraction of sp³-hybridized carbons (Fsp3) is 0.318. The summed E-state index contributed by atoms with van der Waals surface area (Å²) >= 11 is 1.68. The number of rotatable bonds is 9. The number of nitrogens with one attached hydrogen (secondary N) is 3. The largest absolute Gasteiger partial charge is 0.354 e. The molecule has 1 fully saturated rings. The van der Waals surface area contributed by atoms with Crippen LogP contribution in [0, 0.1) is 0 Å². The number of aryl methyl sites for hydroxylation is 1. The Morgan fingerprint density at radius 1 is 1.19 bits per heavy atom. The summed E-state index contributed by atoms with van der Waals surface area (Å²) in [6, 6.07) is 10.1. The molecule has 1 saturated carbocycles. The minimum Gasteiger partial charge on any atom is -0.354 e. The molecule has 2 heterocycles. The lowest BCUT2D eigenvalue weighted by atomic mass is 10.1. The Bertz CT molecular complexity index is 1080. The molecule has 2 aromatic heterocycles. The molecule has 0 atom stereocenters. The number of aromatic nitrogens is 3. The molecule has 0 unspecified atom stereocenters. The monoisotopic (exact) mass is 438 g/mol. The fourth-order valence-electron chi connectivity index (χ4n) is 3.24. The van der Waals surface area contributed by atoms with Crippen LogP contribution in [0.5, 0.6) is 0 Å². The molecule has 9 heteroatoms. The lowest BCUT2D eigenvalue weighted by Gasteiger charge is -2.16. The van der Waals surface area contributed by atoms with Crippen LogP contribution in [0.3, 0.4) is 0 Å². The Morgan fingerprint density at radius 3 is 2.71 bits per heavy atom. The summed E-state index contributed by atoms with van der Waals surface area (Å²) in [7, 11) is 1.85. The van der Waals surface area contributed by atoms with Crippen molar-refractivity contribution < 1.29 is 9.63 Å². The number of thioether (sulfide) groups is 1. The molecule has 0 radical (unpaired) electrons. The van der Waals surface area contributed by atoms with E-state index in [2.05, 4.69) is 50.7 Å². The molecule has 3 N–H and O–H groups in total. The highest BCUT2D eigenvalue weighted by Crippen LogP contribution is 2.42. The first-order chi connectivity index (χ1) is 15.1. The third-order valence-corrected chi connectivity index (χ3v) is 5.75. The summed E-state index contributed by atoms with van der Waals surface area (Å²) in [6.45, 7) is 2.18. The summed E-state index contributed by atoms with van der Waals surface area (Å²) in [5.74, 6) is 1.57. The van der Waals surface area contributed by atoms with Crippen molar-refractivity contribution in [2.75, 3.05) is 23.5 Å². The van der Waals surface area contributed by atoms with Crippen LogP contribution in [0.2, 0.25) is 0 Å². The zero-order chi connectivity index (χ0) is 21.8. The molecule has 0 saturated heterocycles. The number of hydroxylamine groups is 1. The second-order valence-electron chi connectivity index (χ2n) is 7.34. The van der Waals surface area contributed by atoms with E-state index in [0.29, 0.717) is 35.4 Å². The van der Waals surface area contributed by atoms with Gasteiger partial charge < -0.3 is 10.6 Å². The van der Waals surface area contributed by atoms with Crippen molar-refractivity contribution >= 4 is 40.7 Å². The lowest BCUT2D eigenvalue weighted by Crippen LogP contribution is -2.24. The number of hydrogen-bond donors (Lipinski definition) is 3. The Labute approximate surface area is 185 Å². The third-order valence-electron chi connectivity index (χ3n) is 4.97. The number of nitrogens with zero attached hydrogens (tertiary/aromatic N) is 3. The molecule has 31 heavy (non-hydrogen) atoms. The second kappa shape index (κ2) is 9.40. The zero-order valence-electron chi connectivity index (χ0n) is 17.8. The number of carbonyl (C=O) groups excluding carboxylic acids is 1. The normalized spacial score (nSPS) is 13.1. The summed E-state index contributed by atoms with van der Waals surface area (Å²) in [4.78, 5) is 23.2. The van der Waals surface area contributed by atoms with E-state index in [1.54, 1.807) is 22.5 Å². The lowest BCUT2D eigenvalue weighted by molar-refractivity contribution is 0.0365. The molecule has 0 aliphatic heterocycles. The van der Waals surface area contributed by atoms with E-state index in [9.17, 15) is 4.79 Å². The van der Waals surface area contributed by atoms with Gasteiger partial charge in [0.2, 0.25) is 0 Å². The van der Waals surface area contributed by atoms with Gasteiger partial charge in [0, 0.05) is 36.5 Å². The van der Waals surface area contributed by atoms with E-state index < -0.39 is 0 Å². The number of amides is 1. The maximum Gasteiger partial charge on any atom is 0.278 e. The summed E-state index contributed by atoms with van der Waals surface area (Å²) in [6.07, 6.45) is 7.95. The first-order valence-corrected chi connectivity index (χ1v) is 11.4. The fourth-order valence-corrected chi connectivity index (χ4v) is 3.83. The predicted octanol–water partition coefficient (Wildman–Crippen LogP) is 4.58. The molecule has 1 amide bonds. The quantitative estimate of drug-likeness (QED) is 0.332. The summed E-state index contributed by atoms with van der Waals surface area (Å²) < 4.78 is 1.71. The number of pyridine rings is 1. The molecule has 1 aliphatic rings. The molecular weight excluding hydrogens is 412 g/mol. The molecule has 162 valence electrons. The molecule has 1 aliphatic carbocycles. The first-order valence-electron chi connectivity index (χ1n) is 10.2. The van der Waals surface area contributed by atoms with E-state index >= 15 is 0 Å². The Kier molecular flexibility index (Phi) is 6.43. The van der Waals surface area contributed by atoms with Crippen LogP contribution < -0.4 is 16.1 Å². The maximum absolute atomic E-state index is 12.6.